The van der Waals surface area contributed by atoms with Crippen LogP contribution in [0.2, 0.25) is 5.02 Å². The number of ether oxygens (including phenoxy) is 4. The highest BCUT2D eigenvalue weighted by molar-refractivity contribution is 6.34. The Labute approximate surface area is 261 Å². The highest BCUT2D eigenvalue weighted by atomic mass is 35.5. The molecular formula is C32H25ClN4O8. The molecule has 45 heavy (non-hydrogen) atoms. The van der Waals surface area contributed by atoms with Crippen molar-refractivity contribution in [3.63, 3.8) is 0 Å². The number of carbonyl (C=O) groups is 2. The number of fused-ring (bicyclic) bond motifs is 1. The molecule has 4 aromatic carbocycles. The molecule has 1 heterocycles. The summed E-state index contributed by atoms with van der Waals surface area (Å²) in [6.45, 7) is 0. The van der Waals surface area contributed by atoms with Crippen LogP contribution in [0.25, 0.3) is 22.0 Å². The molecule has 0 aliphatic rings. The molecule has 2 N–H and O–H groups in total. The van der Waals surface area contributed by atoms with Crippen molar-refractivity contribution in [3.8, 4) is 34.1 Å². The minimum atomic E-state index is -0.724. The van der Waals surface area contributed by atoms with Crippen molar-refractivity contribution in [1.29, 1.82) is 0 Å². The van der Waals surface area contributed by atoms with Gasteiger partial charge < -0.3 is 23.9 Å². The number of benzene rings is 4. The van der Waals surface area contributed by atoms with E-state index in [1.54, 1.807) is 42.5 Å². The van der Waals surface area contributed by atoms with Gasteiger partial charge in [0.1, 0.15) is 17.2 Å². The first-order valence-corrected chi connectivity index (χ1v) is 13.6. The lowest BCUT2D eigenvalue weighted by Crippen LogP contribution is -2.19. The first-order valence-electron chi connectivity index (χ1n) is 13.2. The monoisotopic (exact) mass is 628 g/mol. The van der Waals surface area contributed by atoms with Crippen molar-refractivity contribution in [2.45, 2.75) is 0 Å². The van der Waals surface area contributed by atoms with E-state index in [4.69, 9.17) is 30.5 Å². The zero-order valence-electron chi connectivity index (χ0n) is 24.1. The summed E-state index contributed by atoms with van der Waals surface area (Å²) in [6, 6.07) is 20.3. The number of amides is 1. The summed E-state index contributed by atoms with van der Waals surface area (Å²) in [7, 11) is 4.46. The molecule has 228 valence electrons. The number of aromatic nitrogens is 1. The molecular weight excluding hydrogens is 604 g/mol. The summed E-state index contributed by atoms with van der Waals surface area (Å²) in [5.41, 5.74) is 4.88. The average molecular weight is 629 g/mol. The SMILES string of the molecule is COc1cc(C=NNC(=O)c2[nH]c3c(OC)ccc(OC)c3c2-c2ccccc2Cl)ccc1OC(=O)c1ccc([N+](=O)[O-])cc1. The van der Waals surface area contributed by atoms with Crippen molar-refractivity contribution < 1.29 is 33.5 Å². The Morgan fingerprint density at radius 3 is 2.22 bits per heavy atom. The van der Waals surface area contributed by atoms with Gasteiger partial charge in [-0.1, -0.05) is 29.8 Å². The zero-order valence-corrected chi connectivity index (χ0v) is 24.9. The molecule has 0 atom stereocenters. The van der Waals surface area contributed by atoms with E-state index in [9.17, 15) is 19.7 Å². The fraction of sp³-hybridized carbons (Fsp3) is 0.0938. The molecule has 12 nitrogen and oxygen atoms in total. The van der Waals surface area contributed by atoms with Crippen LogP contribution in [-0.4, -0.2) is 49.3 Å². The van der Waals surface area contributed by atoms with Crippen molar-refractivity contribution in [1.82, 2.24) is 10.4 Å². The number of nitrogens with one attached hydrogen (secondary N) is 2. The van der Waals surface area contributed by atoms with Gasteiger partial charge in [-0.2, -0.15) is 5.10 Å². The fourth-order valence-corrected chi connectivity index (χ4v) is 4.87. The van der Waals surface area contributed by atoms with E-state index in [0.29, 0.717) is 44.1 Å². The third kappa shape index (κ3) is 6.26. The summed E-state index contributed by atoms with van der Waals surface area (Å²) in [4.78, 5) is 39.5. The predicted molar refractivity (Wildman–Crippen MR) is 168 cm³/mol. The largest absolute Gasteiger partial charge is 0.496 e. The van der Waals surface area contributed by atoms with E-state index >= 15 is 0 Å². The molecule has 0 aliphatic carbocycles. The lowest BCUT2D eigenvalue weighted by Gasteiger charge is -2.10. The number of nitrogens with zero attached hydrogens (tertiary/aromatic N) is 2. The number of methoxy groups -OCH3 is 3. The number of aromatic amines is 1. The molecule has 0 radical (unpaired) electrons. The topological polar surface area (TPSA) is 154 Å². The predicted octanol–water partition coefficient (Wildman–Crippen LogP) is 6.41. The number of carbonyl (C=O) groups excluding carboxylic acids is 2. The van der Waals surface area contributed by atoms with Gasteiger partial charge in [0.05, 0.1) is 48.9 Å². The molecule has 0 aliphatic heterocycles. The van der Waals surface area contributed by atoms with Crippen LogP contribution in [0.15, 0.2) is 84.0 Å². The number of nitro benzene ring substituents is 1. The number of H-pyrrole nitrogens is 1. The fourth-order valence-electron chi connectivity index (χ4n) is 4.64. The van der Waals surface area contributed by atoms with Gasteiger partial charge in [-0.15, -0.1) is 0 Å². The van der Waals surface area contributed by atoms with Gasteiger partial charge in [0.15, 0.2) is 11.5 Å². The molecule has 0 unspecified atom stereocenters. The van der Waals surface area contributed by atoms with Crippen LogP contribution >= 0.6 is 11.6 Å². The number of hydrogen-bond acceptors (Lipinski definition) is 9. The lowest BCUT2D eigenvalue weighted by molar-refractivity contribution is -0.384. The van der Waals surface area contributed by atoms with Gasteiger partial charge in [0, 0.05) is 28.3 Å². The summed E-state index contributed by atoms with van der Waals surface area (Å²) in [5.74, 6) is 0.0766. The standard InChI is InChI=1S/C32H25ClN4O8/c1-42-24-14-15-25(43-2)29-28(24)27(21-6-4-5-7-22(21)33)30(35-29)31(38)36-34-17-18-8-13-23(26(16-18)44-3)45-32(39)19-9-11-20(12-10-19)37(40)41/h4-17,35H,1-3H3,(H,36,38). The Kier molecular flexibility index (Phi) is 8.96. The minimum Gasteiger partial charge on any atom is -0.496 e. The molecule has 1 aromatic heterocycles. The van der Waals surface area contributed by atoms with Crippen molar-refractivity contribution in [2.24, 2.45) is 5.10 Å². The van der Waals surface area contributed by atoms with Gasteiger partial charge in [-0.05, 0) is 54.1 Å². The van der Waals surface area contributed by atoms with Crippen LogP contribution in [0, 0.1) is 10.1 Å². The molecule has 0 spiro atoms. The van der Waals surface area contributed by atoms with Crippen LogP contribution in [-0.2, 0) is 0 Å². The third-order valence-corrected chi connectivity index (χ3v) is 7.10. The third-order valence-electron chi connectivity index (χ3n) is 6.77. The normalized spacial score (nSPS) is 10.9. The Morgan fingerprint density at radius 2 is 1.56 bits per heavy atom. The second-order valence-corrected chi connectivity index (χ2v) is 9.79. The summed E-state index contributed by atoms with van der Waals surface area (Å²) < 4.78 is 21.9. The molecule has 0 saturated carbocycles. The van der Waals surface area contributed by atoms with Crippen LogP contribution in [0.3, 0.4) is 0 Å². The lowest BCUT2D eigenvalue weighted by atomic mass is 10.0. The van der Waals surface area contributed by atoms with Crippen LogP contribution in [0.5, 0.6) is 23.0 Å². The Morgan fingerprint density at radius 1 is 0.889 bits per heavy atom. The second kappa shape index (κ2) is 13.2. The molecule has 0 saturated heterocycles. The number of nitro groups is 1. The van der Waals surface area contributed by atoms with Gasteiger partial charge in [-0.25, -0.2) is 10.2 Å². The molecule has 5 aromatic rings. The number of hydrazone groups is 1. The maximum absolute atomic E-state index is 13.5. The number of esters is 1. The quantitative estimate of drug-likeness (QED) is 0.0591. The van der Waals surface area contributed by atoms with Crippen molar-refractivity contribution in [2.75, 3.05) is 21.3 Å². The first kappa shape index (κ1) is 30.6. The van der Waals surface area contributed by atoms with Gasteiger partial charge in [-0.3, -0.25) is 14.9 Å². The van der Waals surface area contributed by atoms with Gasteiger partial charge >= 0.3 is 5.97 Å². The van der Waals surface area contributed by atoms with Gasteiger partial charge in [0.2, 0.25) is 0 Å². The smallest absolute Gasteiger partial charge is 0.343 e. The van der Waals surface area contributed by atoms with E-state index in [-0.39, 0.29) is 28.4 Å². The van der Waals surface area contributed by atoms with E-state index in [1.807, 2.05) is 6.07 Å². The molecule has 13 heteroatoms. The molecule has 0 fully saturated rings. The van der Waals surface area contributed by atoms with Crippen LogP contribution in [0.1, 0.15) is 26.4 Å². The Hall–Kier alpha value is -5.88. The second-order valence-electron chi connectivity index (χ2n) is 9.38. The average Bonchev–Trinajstić information content (AvgIpc) is 3.46. The molecule has 1 amide bonds. The van der Waals surface area contributed by atoms with E-state index in [1.165, 1.54) is 57.9 Å². The Balaban J connectivity index is 1.39. The van der Waals surface area contributed by atoms with E-state index in [0.717, 1.165) is 0 Å². The maximum Gasteiger partial charge on any atom is 0.343 e. The number of rotatable bonds is 10. The molecule has 0 bridgehead atoms. The van der Waals surface area contributed by atoms with Crippen molar-refractivity contribution in [3.05, 3.63) is 111 Å². The highest BCUT2D eigenvalue weighted by Gasteiger charge is 2.25. The van der Waals surface area contributed by atoms with Crippen LogP contribution in [0.4, 0.5) is 5.69 Å². The number of halogens is 1. The van der Waals surface area contributed by atoms with Crippen LogP contribution < -0.4 is 24.4 Å². The number of hydrogen-bond donors (Lipinski definition) is 2. The van der Waals surface area contributed by atoms with E-state index in [2.05, 4.69) is 15.5 Å². The van der Waals surface area contributed by atoms with Gasteiger partial charge in [0.25, 0.3) is 11.6 Å². The summed E-state index contributed by atoms with van der Waals surface area (Å²) in [6.07, 6.45) is 1.39. The van der Waals surface area contributed by atoms with E-state index < -0.39 is 16.8 Å². The first-order chi connectivity index (χ1) is 21.7. The summed E-state index contributed by atoms with van der Waals surface area (Å²) in [5, 5.41) is 16.0. The molecule has 5 rings (SSSR count). The highest BCUT2D eigenvalue weighted by Crippen LogP contribution is 2.44. The maximum atomic E-state index is 13.5. The zero-order chi connectivity index (χ0) is 32.1. The Bertz CT molecular complexity index is 1950. The summed E-state index contributed by atoms with van der Waals surface area (Å²) >= 11 is 6.56. The van der Waals surface area contributed by atoms with Crippen molar-refractivity contribution >= 4 is 46.3 Å². The number of non-ortho nitro benzene ring substituents is 1. The minimum absolute atomic E-state index is 0.118.